The molecule has 0 aliphatic carbocycles. The van der Waals surface area contributed by atoms with Gasteiger partial charge in [-0.25, -0.2) is 9.78 Å². The van der Waals surface area contributed by atoms with Crippen LogP contribution in [0.15, 0.2) is 59.8 Å². The lowest BCUT2D eigenvalue weighted by atomic mass is 10.3. The first-order valence-electron chi connectivity index (χ1n) is 8.30. The van der Waals surface area contributed by atoms with Gasteiger partial charge in [-0.1, -0.05) is 42.1 Å². The average molecular weight is 368 g/mol. The summed E-state index contributed by atoms with van der Waals surface area (Å²) in [6.07, 6.45) is 0. The standard InChI is InChI=1S/C19H20N4O2S/c1-13(2)20-18(25)22-17(24)12-26-19-21-15-10-6-7-11-16(15)23(19)14-8-4-3-5-9-14/h3-11,13H,12H2,1-2H3,(H2,20,22,24,25). The van der Waals surface area contributed by atoms with E-state index in [2.05, 4.69) is 15.6 Å². The molecule has 0 saturated heterocycles. The van der Waals surface area contributed by atoms with Crippen LogP contribution >= 0.6 is 11.8 Å². The van der Waals surface area contributed by atoms with Gasteiger partial charge in [0.25, 0.3) is 0 Å². The Labute approximate surface area is 156 Å². The highest BCUT2D eigenvalue weighted by molar-refractivity contribution is 7.99. The molecule has 134 valence electrons. The van der Waals surface area contributed by atoms with Gasteiger partial charge in [-0.15, -0.1) is 0 Å². The minimum Gasteiger partial charge on any atom is -0.336 e. The third kappa shape index (κ3) is 4.23. The zero-order valence-electron chi connectivity index (χ0n) is 14.6. The number of imidazole rings is 1. The number of hydrogen-bond acceptors (Lipinski definition) is 4. The van der Waals surface area contributed by atoms with Gasteiger partial charge >= 0.3 is 6.03 Å². The molecule has 2 aromatic carbocycles. The number of thioether (sulfide) groups is 1. The van der Waals surface area contributed by atoms with Gasteiger partial charge < -0.3 is 5.32 Å². The number of amides is 3. The van der Waals surface area contributed by atoms with Crippen LogP contribution in [0.1, 0.15) is 13.8 Å². The Morgan fingerprint density at radius 1 is 1.08 bits per heavy atom. The lowest BCUT2D eigenvalue weighted by Gasteiger charge is -2.10. The monoisotopic (exact) mass is 368 g/mol. The number of nitrogens with one attached hydrogen (secondary N) is 2. The van der Waals surface area contributed by atoms with Gasteiger partial charge in [0.15, 0.2) is 5.16 Å². The van der Waals surface area contributed by atoms with Crippen molar-refractivity contribution in [2.45, 2.75) is 25.0 Å². The summed E-state index contributed by atoms with van der Waals surface area (Å²) in [5.74, 6) is -0.262. The van der Waals surface area contributed by atoms with Crippen molar-refractivity contribution in [3.05, 3.63) is 54.6 Å². The highest BCUT2D eigenvalue weighted by Gasteiger charge is 2.15. The number of imide groups is 1. The molecule has 0 atom stereocenters. The smallest absolute Gasteiger partial charge is 0.321 e. The highest BCUT2D eigenvalue weighted by atomic mass is 32.2. The molecule has 26 heavy (non-hydrogen) atoms. The summed E-state index contributed by atoms with van der Waals surface area (Å²) >= 11 is 1.30. The molecule has 0 unspecified atom stereocenters. The van der Waals surface area contributed by atoms with Crippen LogP contribution < -0.4 is 10.6 Å². The van der Waals surface area contributed by atoms with Gasteiger partial charge in [0.2, 0.25) is 5.91 Å². The number of rotatable bonds is 5. The topological polar surface area (TPSA) is 76.0 Å². The van der Waals surface area contributed by atoms with E-state index in [1.165, 1.54) is 11.8 Å². The van der Waals surface area contributed by atoms with Crippen molar-refractivity contribution in [1.29, 1.82) is 0 Å². The SMILES string of the molecule is CC(C)NC(=O)NC(=O)CSc1nc2ccccc2n1-c1ccccc1. The normalized spacial score (nSPS) is 10.9. The minimum absolute atomic E-state index is 0.0299. The lowest BCUT2D eigenvalue weighted by Crippen LogP contribution is -2.43. The first-order chi connectivity index (χ1) is 12.5. The van der Waals surface area contributed by atoms with Crippen molar-refractivity contribution >= 4 is 34.7 Å². The predicted octanol–water partition coefficient (Wildman–Crippen LogP) is 3.35. The zero-order chi connectivity index (χ0) is 18.5. The molecule has 0 spiro atoms. The summed E-state index contributed by atoms with van der Waals surface area (Å²) in [5.41, 5.74) is 2.80. The second-order valence-corrected chi connectivity index (χ2v) is 6.96. The van der Waals surface area contributed by atoms with Gasteiger partial charge in [0, 0.05) is 11.7 Å². The molecule has 0 fully saturated rings. The fourth-order valence-electron chi connectivity index (χ4n) is 2.52. The number of aromatic nitrogens is 2. The lowest BCUT2D eigenvalue weighted by molar-refractivity contribution is -0.117. The summed E-state index contributed by atoms with van der Waals surface area (Å²) in [6.45, 7) is 3.67. The summed E-state index contributed by atoms with van der Waals surface area (Å²) in [4.78, 5) is 28.3. The van der Waals surface area contributed by atoms with Crippen LogP contribution in [0.25, 0.3) is 16.7 Å². The molecular formula is C19H20N4O2S. The quantitative estimate of drug-likeness (QED) is 0.677. The Balaban J connectivity index is 1.80. The third-order valence-corrected chi connectivity index (χ3v) is 4.49. The predicted molar refractivity (Wildman–Crippen MR) is 104 cm³/mol. The van der Waals surface area contributed by atoms with E-state index in [0.29, 0.717) is 5.16 Å². The van der Waals surface area contributed by atoms with Crippen LogP contribution in [0.2, 0.25) is 0 Å². The first kappa shape index (κ1) is 18.0. The number of fused-ring (bicyclic) bond motifs is 1. The molecule has 6 nitrogen and oxygen atoms in total. The van der Waals surface area contributed by atoms with Crippen molar-refractivity contribution < 1.29 is 9.59 Å². The Morgan fingerprint density at radius 3 is 2.50 bits per heavy atom. The van der Waals surface area contributed by atoms with Crippen molar-refractivity contribution in [3.63, 3.8) is 0 Å². The van der Waals surface area contributed by atoms with Crippen molar-refractivity contribution in [2.75, 3.05) is 5.75 Å². The summed E-state index contributed by atoms with van der Waals surface area (Å²) in [5, 5.41) is 5.66. The fourth-order valence-corrected chi connectivity index (χ4v) is 3.35. The number of urea groups is 1. The molecule has 0 bridgehead atoms. The highest BCUT2D eigenvalue weighted by Crippen LogP contribution is 2.27. The van der Waals surface area contributed by atoms with E-state index in [1.807, 2.05) is 73.0 Å². The van der Waals surface area contributed by atoms with Gasteiger partial charge in [-0.3, -0.25) is 14.7 Å². The molecule has 1 aromatic heterocycles. The van der Waals surface area contributed by atoms with Crippen LogP contribution in [0.4, 0.5) is 4.79 Å². The van der Waals surface area contributed by atoms with E-state index in [0.717, 1.165) is 16.7 Å². The van der Waals surface area contributed by atoms with Crippen LogP contribution in [0.3, 0.4) is 0 Å². The van der Waals surface area contributed by atoms with Crippen LogP contribution in [-0.2, 0) is 4.79 Å². The van der Waals surface area contributed by atoms with E-state index in [9.17, 15) is 9.59 Å². The number of benzene rings is 2. The van der Waals surface area contributed by atoms with Crippen molar-refractivity contribution in [2.24, 2.45) is 0 Å². The van der Waals surface area contributed by atoms with Gasteiger partial charge in [0.05, 0.1) is 16.8 Å². The zero-order valence-corrected chi connectivity index (χ0v) is 15.4. The molecule has 2 N–H and O–H groups in total. The Morgan fingerprint density at radius 2 is 1.77 bits per heavy atom. The van der Waals surface area contributed by atoms with E-state index in [4.69, 9.17) is 0 Å². The Bertz CT molecular complexity index is 922. The number of hydrogen-bond donors (Lipinski definition) is 2. The maximum absolute atomic E-state index is 12.0. The number of nitrogens with zero attached hydrogens (tertiary/aromatic N) is 2. The molecule has 0 saturated carbocycles. The molecule has 3 rings (SSSR count). The molecule has 3 amide bonds. The second-order valence-electron chi connectivity index (χ2n) is 6.02. The van der Waals surface area contributed by atoms with Crippen LogP contribution in [0, 0.1) is 0 Å². The fraction of sp³-hybridized carbons (Fsp3) is 0.211. The second kappa shape index (κ2) is 8.05. The number of para-hydroxylation sites is 3. The summed E-state index contributed by atoms with van der Waals surface area (Å²) in [7, 11) is 0. The third-order valence-electron chi connectivity index (χ3n) is 3.55. The van der Waals surface area contributed by atoms with Crippen molar-refractivity contribution in [1.82, 2.24) is 20.2 Å². The maximum atomic E-state index is 12.0. The molecule has 0 aliphatic rings. The van der Waals surface area contributed by atoms with E-state index < -0.39 is 6.03 Å². The average Bonchev–Trinajstić information content (AvgIpc) is 2.98. The Hall–Kier alpha value is -2.80. The number of carbonyl (C=O) groups is 2. The van der Waals surface area contributed by atoms with Gasteiger partial charge in [-0.05, 0) is 38.1 Å². The molecule has 1 heterocycles. The molecule has 7 heteroatoms. The van der Waals surface area contributed by atoms with E-state index in [1.54, 1.807) is 0 Å². The summed E-state index contributed by atoms with van der Waals surface area (Å²) in [6, 6.07) is 17.2. The minimum atomic E-state index is -0.484. The largest absolute Gasteiger partial charge is 0.336 e. The maximum Gasteiger partial charge on any atom is 0.321 e. The molecule has 3 aromatic rings. The molecule has 0 aliphatic heterocycles. The van der Waals surface area contributed by atoms with Crippen LogP contribution in [-0.4, -0.2) is 33.3 Å². The van der Waals surface area contributed by atoms with Crippen LogP contribution in [0.5, 0.6) is 0 Å². The molecular weight excluding hydrogens is 348 g/mol. The Kier molecular flexibility index (Phi) is 5.58. The molecule has 0 radical (unpaired) electrons. The first-order valence-corrected chi connectivity index (χ1v) is 9.29. The summed E-state index contributed by atoms with van der Waals surface area (Å²) < 4.78 is 2.02. The van der Waals surface area contributed by atoms with E-state index in [-0.39, 0.29) is 17.7 Å². The van der Waals surface area contributed by atoms with Gasteiger partial charge in [0.1, 0.15) is 0 Å². The number of carbonyl (C=O) groups excluding carboxylic acids is 2. The van der Waals surface area contributed by atoms with Gasteiger partial charge in [-0.2, -0.15) is 0 Å². The van der Waals surface area contributed by atoms with E-state index >= 15 is 0 Å². The van der Waals surface area contributed by atoms with Crippen molar-refractivity contribution in [3.8, 4) is 5.69 Å².